The van der Waals surface area contributed by atoms with Crippen LogP contribution in [0.1, 0.15) is 20.8 Å². The number of nitrogens with zero attached hydrogens (tertiary/aromatic N) is 1. The molecule has 0 heterocycles. The summed E-state index contributed by atoms with van der Waals surface area (Å²) in [4.78, 5) is 1.81. The molecule has 2 nitrogen and oxygen atoms in total. The van der Waals surface area contributed by atoms with Crippen LogP contribution in [0.3, 0.4) is 0 Å². The first-order chi connectivity index (χ1) is 3.85. The van der Waals surface area contributed by atoms with Crippen molar-refractivity contribution in [1.29, 1.82) is 0 Å². The Hall–Kier alpha value is -0.0800. The van der Waals surface area contributed by atoms with Crippen molar-refractivity contribution in [2.45, 2.75) is 27.0 Å². The Labute approximate surface area is 57.5 Å². The summed E-state index contributed by atoms with van der Waals surface area (Å²) in [5.74, 6) is 0. The van der Waals surface area contributed by atoms with Crippen molar-refractivity contribution in [3.8, 4) is 0 Å². The van der Waals surface area contributed by atoms with Crippen molar-refractivity contribution in [1.82, 2.24) is 4.90 Å². The molecule has 1 unspecified atom stereocenters. The van der Waals surface area contributed by atoms with Crippen LogP contribution >= 0.6 is 0 Å². The van der Waals surface area contributed by atoms with Gasteiger partial charge in [-0.3, -0.25) is 4.90 Å². The SMILES string of the molecule is CN(C)C(O)C(C)(C)C. The van der Waals surface area contributed by atoms with Crippen LogP contribution in [0.4, 0.5) is 0 Å². The van der Waals surface area contributed by atoms with Crippen molar-refractivity contribution in [3.63, 3.8) is 0 Å². The number of aliphatic hydroxyl groups excluding tert-OH is 1. The van der Waals surface area contributed by atoms with Gasteiger partial charge in [0.05, 0.1) is 0 Å². The van der Waals surface area contributed by atoms with E-state index in [4.69, 9.17) is 0 Å². The third kappa shape index (κ3) is 2.82. The number of hydrogen-bond donors (Lipinski definition) is 1. The molecule has 0 radical (unpaired) electrons. The Bertz CT molecular complexity index is 83.4. The lowest BCUT2D eigenvalue weighted by atomic mass is 9.94. The largest absolute Gasteiger partial charge is 0.378 e. The van der Waals surface area contributed by atoms with Crippen LogP contribution in [0.2, 0.25) is 0 Å². The molecular formula is C7H17NO. The second-order valence-corrected chi connectivity index (χ2v) is 3.70. The maximum Gasteiger partial charge on any atom is 0.111 e. The van der Waals surface area contributed by atoms with E-state index < -0.39 is 0 Å². The molecule has 0 aliphatic rings. The summed E-state index contributed by atoms with van der Waals surface area (Å²) in [5, 5.41) is 9.39. The maximum atomic E-state index is 9.39. The molecule has 0 saturated carbocycles. The van der Waals surface area contributed by atoms with E-state index in [0.717, 1.165) is 0 Å². The van der Waals surface area contributed by atoms with Crippen molar-refractivity contribution in [2.75, 3.05) is 14.1 Å². The highest BCUT2D eigenvalue weighted by Crippen LogP contribution is 2.19. The summed E-state index contributed by atoms with van der Waals surface area (Å²) in [5.41, 5.74) is -0.0382. The molecule has 0 aromatic carbocycles. The van der Waals surface area contributed by atoms with E-state index >= 15 is 0 Å². The fourth-order valence-corrected chi connectivity index (χ4v) is 0.775. The smallest absolute Gasteiger partial charge is 0.111 e. The van der Waals surface area contributed by atoms with E-state index in [1.54, 1.807) is 4.90 Å². The Kier molecular flexibility index (Phi) is 2.65. The van der Waals surface area contributed by atoms with E-state index in [2.05, 4.69) is 0 Å². The minimum atomic E-state index is -0.350. The van der Waals surface area contributed by atoms with Crippen LogP contribution in [-0.2, 0) is 0 Å². The van der Waals surface area contributed by atoms with Crippen LogP contribution in [0.5, 0.6) is 0 Å². The highest BCUT2D eigenvalue weighted by Gasteiger charge is 2.23. The number of rotatable bonds is 1. The minimum absolute atomic E-state index is 0.0382. The Morgan fingerprint density at radius 2 is 1.56 bits per heavy atom. The first kappa shape index (κ1) is 8.92. The average molecular weight is 131 g/mol. The molecule has 0 spiro atoms. The van der Waals surface area contributed by atoms with Crippen molar-refractivity contribution in [2.24, 2.45) is 5.41 Å². The zero-order valence-electron chi connectivity index (χ0n) is 6.97. The van der Waals surface area contributed by atoms with Crippen LogP contribution in [0.15, 0.2) is 0 Å². The molecular weight excluding hydrogens is 114 g/mol. The second-order valence-electron chi connectivity index (χ2n) is 3.70. The molecule has 0 aromatic rings. The van der Waals surface area contributed by atoms with Crippen molar-refractivity contribution in [3.05, 3.63) is 0 Å². The molecule has 2 heteroatoms. The summed E-state index contributed by atoms with van der Waals surface area (Å²) in [6.07, 6.45) is -0.350. The molecule has 0 saturated heterocycles. The van der Waals surface area contributed by atoms with Gasteiger partial charge in [0.15, 0.2) is 0 Å². The van der Waals surface area contributed by atoms with Crippen molar-refractivity contribution >= 4 is 0 Å². The molecule has 0 aromatic heterocycles. The fraction of sp³-hybridized carbons (Fsp3) is 1.00. The lowest BCUT2D eigenvalue weighted by molar-refractivity contribution is -0.0438. The second kappa shape index (κ2) is 2.67. The van der Waals surface area contributed by atoms with Gasteiger partial charge in [0.2, 0.25) is 0 Å². The zero-order chi connectivity index (χ0) is 7.65. The van der Waals surface area contributed by atoms with Gasteiger partial charge in [-0.2, -0.15) is 0 Å². The van der Waals surface area contributed by atoms with Gasteiger partial charge in [-0.05, 0) is 14.1 Å². The molecule has 1 atom stereocenters. The molecule has 0 aliphatic heterocycles. The third-order valence-electron chi connectivity index (χ3n) is 1.26. The molecule has 0 amide bonds. The molecule has 0 rings (SSSR count). The molecule has 0 fully saturated rings. The van der Waals surface area contributed by atoms with Gasteiger partial charge in [-0.1, -0.05) is 20.8 Å². The fourth-order valence-electron chi connectivity index (χ4n) is 0.775. The quantitative estimate of drug-likeness (QED) is 0.535. The lowest BCUT2D eigenvalue weighted by Gasteiger charge is -2.30. The minimum Gasteiger partial charge on any atom is -0.378 e. The Morgan fingerprint density at radius 3 is 1.56 bits per heavy atom. The van der Waals surface area contributed by atoms with E-state index in [1.165, 1.54) is 0 Å². The van der Waals surface area contributed by atoms with Gasteiger partial charge in [0, 0.05) is 5.41 Å². The molecule has 56 valence electrons. The van der Waals surface area contributed by atoms with Gasteiger partial charge in [-0.25, -0.2) is 0 Å². The summed E-state index contributed by atoms with van der Waals surface area (Å²) < 4.78 is 0. The lowest BCUT2D eigenvalue weighted by Crippen LogP contribution is -2.38. The van der Waals surface area contributed by atoms with Gasteiger partial charge in [0.1, 0.15) is 6.23 Å². The highest BCUT2D eigenvalue weighted by atomic mass is 16.3. The van der Waals surface area contributed by atoms with Crippen LogP contribution in [-0.4, -0.2) is 30.3 Å². The first-order valence-corrected chi connectivity index (χ1v) is 3.20. The Balaban J connectivity index is 3.88. The van der Waals surface area contributed by atoms with E-state index in [-0.39, 0.29) is 11.6 Å². The molecule has 1 N–H and O–H groups in total. The molecule has 9 heavy (non-hydrogen) atoms. The highest BCUT2D eigenvalue weighted by molar-refractivity contribution is 4.69. The topological polar surface area (TPSA) is 23.5 Å². The molecule has 0 bridgehead atoms. The number of aliphatic hydroxyl groups is 1. The Morgan fingerprint density at radius 1 is 1.22 bits per heavy atom. The first-order valence-electron chi connectivity index (χ1n) is 3.20. The predicted octanol–water partition coefficient (Wildman–Crippen LogP) is 0.912. The van der Waals surface area contributed by atoms with Gasteiger partial charge < -0.3 is 5.11 Å². The van der Waals surface area contributed by atoms with E-state index in [0.29, 0.717) is 0 Å². The van der Waals surface area contributed by atoms with Crippen LogP contribution in [0, 0.1) is 5.41 Å². The predicted molar refractivity (Wildman–Crippen MR) is 39.1 cm³/mol. The zero-order valence-corrected chi connectivity index (χ0v) is 6.97. The summed E-state index contributed by atoms with van der Waals surface area (Å²) in [6, 6.07) is 0. The maximum absolute atomic E-state index is 9.39. The summed E-state index contributed by atoms with van der Waals surface area (Å²) in [6.45, 7) is 6.03. The normalized spacial score (nSPS) is 16.3. The van der Waals surface area contributed by atoms with E-state index in [9.17, 15) is 5.11 Å². The van der Waals surface area contributed by atoms with Crippen molar-refractivity contribution < 1.29 is 5.11 Å². The summed E-state index contributed by atoms with van der Waals surface area (Å²) in [7, 11) is 3.74. The van der Waals surface area contributed by atoms with Crippen LogP contribution < -0.4 is 0 Å². The standard InChI is InChI=1S/C7H17NO/c1-7(2,3)6(9)8(4)5/h6,9H,1-5H3. The van der Waals surface area contributed by atoms with E-state index in [1.807, 2.05) is 34.9 Å². The number of hydrogen-bond acceptors (Lipinski definition) is 2. The van der Waals surface area contributed by atoms with Gasteiger partial charge >= 0.3 is 0 Å². The average Bonchev–Trinajstić information content (AvgIpc) is 1.62. The van der Waals surface area contributed by atoms with Gasteiger partial charge in [-0.15, -0.1) is 0 Å². The van der Waals surface area contributed by atoms with Gasteiger partial charge in [0.25, 0.3) is 0 Å². The molecule has 0 aliphatic carbocycles. The monoisotopic (exact) mass is 131 g/mol. The van der Waals surface area contributed by atoms with Crippen LogP contribution in [0.25, 0.3) is 0 Å². The third-order valence-corrected chi connectivity index (χ3v) is 1.26. The summed E-state index contributed by atoms with van der Waals surface area (Å²) >= 11 is 0.